The quantitative estimate of drug-likeness (QED) is 0.358. The third kappa shape index (κ3) is 5.38. The number of carbonyl (C=O) groups excluding carboxylic acids is 1. The van der Waals surface area contributed by atoms with E-state index in [2.05, 4.69) is 0 Å². The first-order valence-corrected chi connectivity index (χ1v) is 11.4. The summed E-state index contributed by atoms with van der Waals surface area (Å²) in [6.45, 7) is 2.95. The number of benzene rings is 2. The maximum atomic E-state index is 14.3. The number of hydrogen-bond donors (Lipinski definition) is 1. The normalized spacial score (nSPS) is 14.1. The Hall–Kier alpha value is -3.01. The van der Waals surface area contributed by atoms with Gasteiger partial charge in [0.25, 0.3) is 0 Å². The van der Waals surface area contributed by atoms with Crippen molar-refractivity contribution in [3.63, 3.8) is 0 Å². The standard InChI is InChI=1S/C25H22Cl2F3NO5/c1-4-35-23(33)19-12-17(7-9-21(19)27)36-16-6-8-20(26)18(11-16)14(2)24(34,25(28,29)30)15-5-10-22(32)31(3)13-15/h5-14,34H,4H2,1-3H3/t14-,24-/m0/s1. The fourth-order valence-corrected chi connectivity index (χ4v) is 4.17. The average molecular weight is 544 g/mol. The number of nitrogens with zero attached hydrogens (tertiary/aromatic N) is 1. The van der Waals surface area contributed by atoms with Crippen LogP contribution in [0.2, 0.25) is 10.0 Å². The molecule has 0 aliphatic rings. The molecule has 36 heavy (non-hydrogen) atoms. The predicted molar refractivity (Wildman–Crippen MR) is 129 cm³/mol. The highest BCUT2D eigenvalue weighted by Gasteiger charge is 2.59. The van der Waals surface area contributed by atoms with Gasteiger partial charge >= 0.3 is 12.1 Å². The minimum atomic E-state index is -5.12. The number of aryl methyl sites for hydroxylation is 1. The number of esters is 1. The van der Waals surface area contributed by atoms with Crippen LogP contribution in [0.4, 0.5) is 13.2 Å². The summed E-state index contributed by atoms with van der Waals surface area (Å²) < 4.78 is 54.5. The zero-order valence-corrected chi connectivity index (χ0v) is 20.9. The third-order valence-corrected chi connectivity index (χ3v) is 6.36. The molecule has 2 aromatic carbocycles. The first-order valence-electron chi connectivity index (χ1n) is 10.7. The minimum absolute atomic E-state index is 0.0364. The van der Waals surface area contributed by atoms with Crippen LogP contribution in [-0.2, 0) is 17.4 Å². The van der Waals surface area contributed by atoms with Crippen LogP contribution in [0.5, 0.6) is 11.5 Å². The third-order valence-electron chi connectivity index (χ3n) is 5.69. The Balaban J connectivity index is 2.03. The van der Waals surface area contributed by atoms with Crippen molar-refractivity contribution >= 4 is 29.2 Å². The van der Waals surface area contributed by atoms with Crippen molar-refractivity contribution in [2.45, 2.75) is 31.5 Å². The first-order chi connectivity index (χ1) is 16.8. The molecule has 1 heterocycles. The van der Waals surface area contributed by atoms with Crippen molar-refractivity contribution in [1.29, 1.82) is 0 Å². The zero-order valence-electron chi connectivity index (χ0n) is 19.4. The highest BCUT2D eigenvalue weighted by atomic mass is 35.5. The summed E-state index contributed by atoms with van der Waals surface area (Å²) in [5.74, 6) is -1.99. The molecule has 0 saturated heterocycles. The Bertz CT molecular complexity index is 1340. The molecule has 0 spiro atoms. The van der Waals surface area contributed by atoms with Gasteiger partial charge in [0.05, 0.1) is 17.2 Å². The number of aliphatic hydroxyl groups is 1. The van der Waals surface area contributed by atoms with Gasteiger partial charge in [-0.3, -0.25) is 4.79 Å². The second-order valence-corrected chi connectivity index (χ2v) is 8.81. The van der Waals surface area contributed by atoms with Crippen LogP contribution in [-0.4, -0.2) is 28.4 Å². The van der Waals surface area contributed by atoms with Gasteiger partial charge in [0.2, 0.25) is 5.56 Å². The van der Waals surface area contributed by atoms with E-state index in [1.54, 1.807) is 6.92 Å². The maximum absolute atomic E-state index is 14.3. The second kappa shape index (κ2) is 10.5. The molecule has 2 atom stereocenters. The highest BCUT2D eigenvalue weighted by Crippen LogP contribution is 2.50. The molecular weight excluding hydrogens is 522 g/mol. The summed E-state index contributed by atoms with van der Waals surface area (Å²) in [5, 5.41) is 11.1. The van der Waals surface area contributed by atoms with Crippen molar-refractivity contribution in [3.05, 3.63) is 91.8 Å². The van der Waals surface area contributed by atoms with Crippen LogP contribution >= 0.6 is 23.2 Å². The van der Waals surface area contributed by atoms with Crippen molar-refractivity contribution < 1.29 is 32.5 Å². The van der Waals surface area contributed by atoms with E-state index in [9.17, 15) is 27.9 Å². The molecule has 0 saturated carbocycles. The number of alkyl halides is 3. The van der Waals surface area contributed by atoms with Gasteiger partial charge in [-0.25, -0.2) is 4.79 Å². The van der Waals surface area contributed by atoms with Crippen LogP contribution in [0.15, 0.2) is 59.5 Å². The molecule has 11 heteroatoms. The van der Waals surface area contributed by atoms with E-state index in [1.165, 1.54) is 50.4 Å². The lowest BCUT2D eigenvalue weighted by molar-refractivity contribution is -0.274. The monoisotopic (exact) mass is 543 g/mol. The molecule has 1 aromatic heterocycles. The second-order valence-electron chi connectivity index (χ2n) is 8.00. The molecule has 0 amide bonds. The van der Waals surface area contributed by atoms with Crippen LogP contribution in [0.3, 0.4) is 0 Å². The molecule has 0 aliphatic carbocycles. The lowest BCUT2D eigenvalue weighted by atomic mass is 9.78. The van der Waals surface area contributed by atoms with E-state index in [0.29, 0.717) is 0 Å². The Morgan fingerprint density at radius 1 is 1.06 bits per heavy atom. The van der Waals surface area contributed by atoms with Gasteiger partial charge in [0.15, 0.2) is 5.60 Å². The molecule has 0 radical (unpaired) electrons. The van der Waals surface area contributed by atoms with Crippen LogP contribution in [0, 0.1) is 0 Å². The van der Waals surface area contributed by atoms with Crippen molar-refractivity contribution in [2.24, 2.45) is 7.05 Å². The summed E-state index contributed by atoms with van der Waals surface area (Å²) in [6, 6.07) is 10.1. The van der Waals surface area contributed by atoms with E-state index in [4.69, 9.17) is 32.7 Å². The maximum Gasteiger partial charge on any atom is 0.422 e. The minimum Gasteiger partial charge on any atom is -0.462 e. The van der Waals surface area contributed by atoms with Gasteiger partial charge in [-0.05, 0) is 55.0 Å². The number of rotatable bonds is 7. The van der Waals surface area contributed by atoms with Gasteiger partial charge in [-0.15, -0.1) is 0 Å². The van der Waals surface area contributed by atoms with Crippen LogP contribution < -0.4 is 10.3 Å². The van der Waals surface area contributed by atoms with Gasteiger partial charge in [-0.2, -0.15) is 13.2 Å². The summed E-state index contributed by atoms with van der Waals surface area (Å²) in [7, 11) is 1.28. The highest BCUT2D eigenvalue weighted by molar-refractivity contribution is 6.33. The Morgan fingerprint density at radius 3 is 2.25 bits per heavy atom. The average Bonchev–Trinajstić information content (AvgIpc) is 2.81. The fraction of sp³-hybridized carbons (Fsp3) is 0.280. The van der Waals surface area contributed by atoms with Crippen molar-refractivity contribution in [3.8, 4) is 11.5 Å². The Kier molecular flexibility index (Phi) is 8.07. The van der Waals surface area contributed by atoms with E-state index in [0.717, 1.165) is 22.9 Å². The van der Waals surface area contributed by atoms with E-state index in [-0.39, 0.29) is 39.3 Å². The lowest BCUT2D eigenvalue weighted by Crippen LogP contribution is -2.47. The first kappa shape index (κ1) is 27.6. The predicted octanol–water partition coefficient (Wildman–Crippen LogP) is 6.21. The number of pyridine rings is 1. The van der Waals surface area contributed by atoms with Gasteiger partial charge in [-0.1, -0.05) is 30.1 Å². The number of aromatic nitrogens is 1. The number of hydrogen-bond acceptors (Lipinski definition) is 5. The number of ether oxygens (including phenoxy) is 2. The Labute approximate surface area is 214 Å². The summed E-state index contributed by atoms with van der Waals surface area (Å²) in [5.41, 5.74) is -4.43. The fourth-order valence-electron chi connectivity index (χ4n) is 3.69. The number of carbonyl (C=O) groups is 1. The topological polar surface area (TPSA) is 77.8 Å². The molecule has 0 fully saturated rings. The molecule has 0 unspecified atom stereocenters. The van der Waals surface area contributed by atoms with Gasteiger partial charge in [0.1, 0.15) is 11.5 Å². The molecule has 1 N–H and O–H groups in total. The smallest absolute Gasteiger partial charge is 0.422 e. The molecular formula is C25H22Cl2F3NO5. The van der Waals surface area contributed by atoms with Gasteiger partial charge in [0, 0.05) is 35.8 Å². The van der Waals surface area contributed by atoms with Crippen molar-refractivity contribution in [2.75, 3.05) is 6.61 Å². The Morgan fingerprint density at radius 2 is 1.67 bits per heavy atom. The molecule has 3 aromatic rings. The summed E-state index contributed by atoms with van der Waals surface area (Å²) >= 11 is 12.3. The van der Waals surface area contributed by atoms with E-state index in [1.807, 2.05) is 0 Å². The van der Waals surface area contributed by atoms with E-state index >= 15 is 0 Å². The van der Waals surface area contributed by atoms with Crippen LogP contribution in [0.1, 0.15) is 41.3 Å². The molecule has 0 aliphatic heterocycles. The number of halogens is 5. The molecule has 192 valence electrons. The molecule has 6 nitrogen and oxygen atoms in total. The lowest BCUT2D eigenvalue weighted by Gasteiger charge is -2.37. The largest absolute Gasteiger partial charge is 0.462 e. The van der Waals surface area contributed by atoms with E-state index < -0.39 is 34.8 Å². The van der Waals surface area contributed by atoms with Gasteiger partial charge < -0.3 is 19.1 Å². The van der Waals surface area contributed by atoms with Crippen LogP contribution in [0.25, 0.3) is 0 Å². The summed E-state index contributed by atoms with van der Waals surface area (Å²) in [4.78, 5) is 23.8. The zero-order chi connectivity index (χ0) is 26.8. The van der Waals surface area contributed by atoms with Crippen molar-refractivity contribution in [1.82, 2.24) is 4.57 Å². The summed E-state index contributed by atoms with van der Waals surface area (Å²) in [6.07, 6.45) is -4.18. The molecule has 0 bridgehead atoms. The molecule has 3 rings (SSSR count). The SMILES string of the molecule is CCOC(=O)c1cc(Oc2ccc(Cl)c([C@H](C)[C@](O)(c3ccc(=O)n(C)c3)C(F)(F)F)c2)ccc1Cl.